The third kappa shape index (κ3) is 5.34. The number of benzene rings is 1. The van der Waals surface area contributed by atoms with Crippen LogP contribution in [-0.4, -0.2) is 21.7 Å². The number of amides is 1. The molecular formula is C20H30N4O. The Kier molecular flexibility index (Phi) is 6.62. The zero-order valence-electron chi connectivity index (χ0n) is 16.0. The molecule has 0 fully saturated rings. The third-order valence-corrected chi connectivity index (χ3v) is 4.20. The Morgan fingerprint density at radius 2 is 1.88 bits per heavy atom. The van der Waals surface area contributed by atoms with Gasteiger partial charge < -0.3 is 10.6 Å². The number of nitrogens with one attached hydrogen (secondary N) is 2. The zero-order valence-corrected chi connectivity index (χ0v) is 16.0. The SMILES string of the molecule is CCCn1nc(C)c(CNc2ccc(CC(=O)NC(C)C)cc2)c1C. The van der Waals surface area contributed by atoms with E-state index in [-0.39, 0.29) is 11.9 Å². The highest BCUT2D eigenvalue weighted by atomic mass is 16.1. The monoisotopic (exact) mass is 342 g/mol. The smallest absolute Gasteiger partial charge is 0.224 e. The van der Waals surface area contributed by atoms with Gasteiger partial charge in [0.1, 0.15) is 0 Å². The van der Waals surface area contributed by atoms with Crippen molar-refractivity contribution in [2.45, 2.75) is 66.6 Å². The zero-order chi connectivity index (χ0) is 18.4. The Morgan fingerprint density at radius 1 is 1.20 bits per heavy atom. The molecule has 25 heavy (non-hydrogen) atoms. The van der Waals surface area contributed by atoms with E-state index in [2.05, 4.69) is 41.2 Å². The van der Waals surface area contributed by atoms with Crippen molar-refractivity contribution in [3.05, 3.63) is 46.8 Å². The second kappa shape index (κ2) is 8.70. The summed E-state index contributed by atoms with van der Waals surface area (Å²) in [5.74, 6) is 0.0605. The van der Waals surface area contributed by atoms with Crippen molar-refractivity contribution in [2.24, 2.45) is 0 Å². The molecule has 0 atom stereocenters. The molecule has 0 radical (unpaired) electrons. The molecule has 0 unspecified atom stereocenters. The quantitative estimate of drug-likeness (QED) is 0.771. The number of aromatic nitrogens is 2. The third-order valence-electron chi connectivity index (χ3n) is 4.20. The van der Waals surface area contributed by atoms with Gasteiger partial charge in [-0.3, -0.25) is 9.48 Å². The van der Waals surface area contributed by atoms with Crippen molar-refractivity contribution in [3.8, 4) is 0 Å². The lowest BCUT2D eigenvalue weighted by atomic mass is 10.1. The summed E-state index contributed by atoms with van der Waals surface area (Å²) in [7, 11) is 0. The fourth-order valence-electron chi connectivity index (χ4n) is 2.91. The summed E-state index contributed by atoms with van der Waals surface area (Å²) in [6, 6.07) is 8.23. The number of anilines is 1. The van der Waals surface area contributed by atoms with E-state index in [4.69, 9.17) is 0 Å². The number of hydrogen-bond acceptors (Lipinski definition) is 3. The maximum atomic E-state index is 11.8. The lowest BCUT2D eigenvalue weighted by Crippen LogP contribution is -2.31. The maximum Gasteiger partial charge on any atom is 0.224 e. The highest BCUT2D eigenvalue weighted by Gasteiger charge is 2.11. The van der Waals surface area contributed by atoms with Gasteiger partial charge in [-0.1, -0.05) is 19.1 Å². The average molecular weight is 342 g/mol. The van der Waals surface area contributed by atoms with E-state index in [9.17, 15) is 4.79 Å². The van der Waals surface area contributed by atoms with Crippen LogP contribution in [0.15, 0.2) is 24.3 Å². The second-order valence-corrected chi connectivity index (χ2v) is 6.82. The number of carbonyl (C=O) groups is 1. The van der Waals surface area contributed by atoms with Crippen LogP contribution in [0.25, 0.3) is 0 Å². The molecule has 2 N–H and O–H groups in total. The molecule has 5 nitrogen and oxygen atoms in total. The predicted molar refractivity (Wildman–Crippen MR) is 103 cm³/mol. The first-order valence-electron chi connectivity index (χ1n) is 9.05. The van der Waals surface area contributed by atoms with Crippen molar-refractivity contribution in [3.63, 3.8) is 0 Å². The van der Waals surface area contributed by atoms with Gasteiger partial charge in [0.15, 0.2) is 0 Å². The van der Waals surface area contributed by atoms with E-state index in [1.165, 1.54) is 11.3 Å². The summed E-state index contributed by atoms with van der Waals surface area (Å²) < 4.78 is 2.09. The molecule has 1 aromatic carbocycles. The number of hydrogen-bond donors (Lipinski definition) is 2. The molecule has 0 saturated carbocycles. The van der Waals surface area contributed by atoms with Gasteiger partial charge in [0, 0.05) is 36.1 Å². The van der Waals surface area contributed by atoms with Crippen LogP contribution in [0.4, 0.5) is 5.69 Å². The average Bonchev–Trinajstić information content (AvgIpc) is 2.80. The Hall–Kier alpha value is -2.30. The van der Waals surface area contributed by atoms with E-state index in [0.29, 0.717) is 6.42 Å². The topological polar surface area (TPSA) is 59.0 Å². The molecular weight excluding hydrogens is 312 g/mol. The van der Waals surface area contributed by atoms with Gasteiger partial charge in [0.25, 0.3) is 0 Å². The lowest BCUT2D eigenvalue weighted by Gasteiger charge is -2.10. The van der Waals surface area contributed by atoms with Crippen LogP contribution in [0.3, 0.4) is 0 Å². The van der Waals surface area contributed by atoms with Crippen LogP contribution in [0.5, 0.6) is 0 Å². The first kappa shape index (κ1) is 19.0. The molecule has 0 aliphatic rings. The van der Waals surface area contributed by atoms with Gasteiger partial charge in [-0.2, -0.15) is 5.10 Å². The predicted octanol–water partition coefficient (Wildman–Crippen LogP) is 3.59. The number of nitrogens with zero attached hydrogens (tertiary/aromatic N) is 2. The van der Waals surface area contributed by atoms with E-state index in [1.807, 2.05) is 38.1 Å². The van der Waals surface area contributed by atoms with Crippen LogP contribution in [0, 0.1) is 13.8 Å². The Labute approximate surface area is 150 Å². The molecule has 1 amide bonds. The Morgan fingerprint density at radius 3 is 2.48 bits per heavy atom. The van der Waals surface area contributed by atoms with Gasteiger partial charge in [-0.15, -0.1) is 0 Å². The first-order valence-corrected chi connectivity index (χ1v) is 9.05. The van der Waals surface area contributed by atoms with E-state index in [0.717, 1.165) is 36.5 Å². The molecule has 1 heterocycles. The largest absolute Gasteiger partial charge is 0.381 e. The van der Waals surface area contributed by atoms with Crippen LogP contribution in [0.1, 0.15) is 49.7 Å². The molecule has 2 aromatic rings. The minimum atomic E-state index is 0.0605. The normalized spacial score (nSPS) is 11.0. The molecule has 5 heteroatoms. The maximum absolute atomic E-state index is 11.8. The molecule has 0 aliphatic carbocycles. The van der Waals surface area contributed by atoms with E-state index in [1.54, 1.807) is 0 Å². The van der Waals surface area contributed by atoms with Gasteiger partial charge in [0.2, 0.25) is 5.91 Å². The second-order valence-electron chi connectivity index (χ2n) is 6.82. The standard InChI is InChI=1S/C20H30N4O/c1-6-11-24-16(5)19(15(4)23-24)13-21-18-9-7-17(8-10-18)12-20(25)22-14(2)3/h7-10,14,21H,6,11-13H2,1-5H3,(H,22,25). The number of aryl methyl sites for hydroxylation is 2. The summed E-state index contributed by atoms with van der Waals surface area (Å²) in [6.07, 6.45) is 1.50. The molecule has 0 bridgehead atoms. The molecule has 136 valence electrons. The van der Waals surface area contributed by atoms with Crippen LogP contribution in [0.2, 0.25) is 0 Å². The molecule has 0 aliphatic heterocycles. The van der Waals surface area contributed by atoms with Crippen molar-refractivity contribution in [1.82, 2.24) is 15.1 Å². The van der Waals surface area contributed by atoms with E-state index < -0.39 is 0 Å². The molecule has 2 rings (SSSR count). The van der Waals surface area contributed by atoms with Gasteiger partial charge >= 0.3 is 0 Å². The lowest BCUT2D eigenvalue weighted by molar-refractivity contribution is -0.120. The first-order chi connectivity index (χ1) is 11.9. The Bertz CT molecular complexity index is 701. The Balaban J connectivity index is 1.95. The number of rotatable bonds is 8. The summed E-state index contributed by atoms with van der Waals surface area (Å²) in [5, 5.41) is 11.0. The van der Waals surface area contributed by atoms with Crippen LogP contribution < -0.4 is 10.6 Å². The summed E-state index contributed by atoms with van der Waals surface area (Å²) in [6.45, 7) is 12.0. The van der Waals surface area contributed by atoms with Crippen LogP contribution in [-0.2, 0) is 24.3 Å². The molecule has 0 saturated heterocycles. The highest BCUT2D eigenvalue weighted by Crippen LogP contribution is 2.17. The summed E-state index contributed by atoms with van der Waals surface area (Å²) in [5.41, 5.74) is 5.64. The van der Waals surface area contributed by atoms with Gasteiger partial charge in [-0.25, -0.2) is 0 Å². The minimum Gasteiger partial charge on any atom is -0.381 e. The molecule has 1 aromatic heterocycles. The fourth-order valence-corrected chi connectivity index (χ4v) is 2.91. The summed E-state index contributed by atoms with van der Waals surface area (Å²) in [4.78, 5) is 11.8. The number of carbonyl (C=O) groups excluding carboxylic acids is 1. The highest BCUT2D eigenvalue weighted by molar-refractivity contribution is 5.78. The minimum absolute atomic E-state index is 0.0605. The van der Waals surface area contributed by atoms with Crippen molar-refractivity contribution in [1.29, 1.82) is 0 Å². The van der Waals surface area contributed by atoms with Crippen LogP contribution >= 0.6 is 0 Å². The van der Waals surface area contributed by atoms with E-state index >= 15 is 0 Å². The van der Waals surface area contributed by atoms with Crippen molar-refractivity contribution in [2.75, 3.05) is 5.32 Å². The fraction of sp³-hybridized carbons (Fsp3) is 0.500. The van der Waals surface area contributed by atoms with Crippen molar-refractivity contribution >= 4 is 11.6 Å². The van der Waals surface area contributed by atoms with Gasteiger partial charge in [-0.05, 0) is 51.8 Å². The summed E-state index contributed by atoms with van der Waals surface area (Å²) >= 11 is 0. The van der Waals surface area contributed by atoms with Crippen molar-refractivity contribution < 1.29 is 4.79 Å². The van der Waals surface area contributed by atoms with Gasteiger partial charge in [0.05, 0.1) is 12.1 Å². The molecule has 0 spiro atoms.